The molecule has 0 bridgehead atoms. The maximum atomic E-state index is 6.69. The first-order valence-electron chi connectivity index (χ1n) is 9.34. The van der Waals surface area contributed by atoms with Crippen molar-refractivity contribution in [3.8, 4) is 0 Å². The van der Waals surface area contributed by atoms with Crippen LogP contribution in [-0.2, 0) is 0 Å². The van der Waals surface area contributed by atoms with Gasteiger partial charge >= 0.3 is 0 Å². The van der Waals surface area contributed by atoms with Gasteiger partial charge in [-0.3, -0.25) is 0 Å². The number of halogens is 2. The van der Waals surface area contributed by atoms with Gasteiger partial charge in [0.1, 0.15) is 0 Å². The van der Waals surface area contributed by atoms with Gasteiger partial charge in [-0.05, 0) is 34.4 Å². The smallest absolute Gasteiger partial charge is 0.0444 e. The number of rotatable bonds is 5. The minimum Gasteiger partial charge on any atom is -0.0840 e. The zero-order chi connectivity index (χ0) is 19.3. The fraction of sp³-hybridized carbons (Fsp3) is 0.0769. The second-order valence-electron chi connectivity index (χ2n) is 6.82. The van der Waals surface area contributed by atoms with Crippen LogP contribution in [0.2, 0.25) is 10.0 Å². The lowest BCUT2D eigenvalue weighted by molar-refractivity contribution is 0.694. The molecule has 0 saturated carbocycles. The fourth-order valence-corrected chi connectivity index (χ4v) is 4.39. The minimum atomic E-state index is 0.0391. The van der Waals surface area contributed by atoms with Crippen LogP contribution in [0.15, 0.2) is 109 Å². The van der Waals surface area contributed by atoms with Crippen molar-refractivity contribution >= 4 is 23.2 Å². The van der Waals surface area contributed by atoms with Crippen molar-refractivity contribution in [2.45, 2.75) is 11.8 Å². The number of hydrogen-bond acceptors (Lipinski definition) is 0. The Labute approximate surface area is 176 Å². The average molecular weight is 403 g/mol. The molecule has 0 unspecified atom stereocenters. The Bertz CT molecular complexity index is 955. The summed E-state index contributed by atoms with van der Waals surface area (Å²) in [4.78, 5) is 0. The van der Waals surface area contributed by atoms with E-state index in [-0.39, 0.29) is 11.8 Å². The number of benzene rings is 4. The molecule has 0 N–H and O–H groups in total. The van der Waals surface area contributed by atoms with Gasteiger partial charge in [-0.25, -0.2) is 0 Å². The second-order valence-corrected chi connectivity index (χ2v) is 7.63. The third kappa shape index (κ3) is 3.85. The molecule has 0 aromatic heterocycles. The highest BCUT2D eigenvalue weighted by atomic mass is 35.5. The molecule has 0 spiro atoms. The largest absolute Gasteiger partial charge is 0.0840 e. The minimum absolute atomic E-state index is 0.0391. The molecule has 4 rings (SSSR count). The lowest BCUT2D eigenvalue weighted by Crippen LogP contribution is -2.15. The van der Waals surface area contributed by atoms with E-state index in [9.17, 15) is 0 Å². The molecule has 0 aliphatic rings. The van der Waals surface area contributed by atoms with Gasteiger partial charge in [0.25, 0.3) is 0 Å². The molecule has 0 fully saturated rings. The van der Waals surface area contributed by atoms with Crippen molar-refractivity contribution < 1.29 is 0 Å². The lowest BCUT2D eigenvalue weighted by atomic mass is 9.74. The zero-order valence-electron chi connectivity index (χ0n) is 15.3. The van der Waals surface area contributed by atoms with Crippen LogP contribution in [0.3, 0.4) is 0 Å². The van der Waals surface area contributed by atoms with Crippen LogP contribution in [0.25, 0.3) is 0 Å². The highest BCUT2D eigenvalue weighted by molar-refractivity contribution is 6.32. The third-order valence-electron chi connectivity index (χ3n) is 5.13. The fourth-order valence-electron chi connectivity index (χ4n) is 3.88. The maximum absolute atomic E-state index is 6.69. The molecule has 4 aromatic rings. The third-order valence-corrected chi connectivity index (χ3v) is 5.82. The van der Waals surface area contributed by atoms with Crippen LogP contribution in [0.4, 0.5) is 0 Å². The van der Waals surface area contributed by atoms with Crippen molar-refractivity contribution in [1.29, 1.82) is 0 Å². The van der Waals surface area contributed by atoms with E-state index in [1.807, 2.05) is 48.5 Å². The number of hydrogen-bond donors (Lipinski definition) is 0. The Kier molecular flexibility index (Phi) is 5.81. The Balaban J connectivity index is 1.99. The van der Waals surface area contributed by atoms with Gasteiger partial charge in [0.2, 0.25) is 0 Å². The van der Waals surface area contributed by atoms with Gasteiger partial charge in [0, 0.05) is 21.9 Å². The predicted octanol–water partition coefficient (Wildman–Crippen LogP) is 7.96. The maximum Gasteiger partial charge on any atom is 0.0444 e. The summed E-state index contributed by atoms with van der Waals surface area (Å²) in [5.41, 5.74) is 4.63. The molecular weight excluding hydrogens is 383 g/mol. The van der Waals surface area contributed by atoms with E-state index >= 15 is 0 Å². The summed E-state index contributed by atoms with van der Waals surface area (Å²) in [5, 5.41) is 1.54. The van der Waals surface area contributed by atoms with E-state index in [0.29, 0.717) is 0 Å². The first kappa shape index (κ1) is 18.8. The lowest BCUT2D eigenvalue weighted by Gasteiger charge is -2.30. The summed E-state index contributed by atoms with van der Waals surface area (Å²) < 4.78 is 0. The van der Waals surface area contributed by atoms with Crippen LogP contribution in [-0.4, -0.2) is 0 Å². The molecule has 2 atom stereocenters. The summed E-state index contributed by atoms with van der Waals surface area (Å²) in [6, 6.07) is 37.3. The van der Waals surface area contributed by atoms with Gasteiger partial charge < -0.3 is 0 Å². The van der Waals surface area contributed by atoms with Crippen LogP contribution in [0.1, 0.15) is 34.1 Å². The Hall–Kier alpha value is -2.54. The van der Waals surface area contributed by atoms with E-state index in [0.717, 1.165) is 21.2 Å². The van der Waals surface area contributed by atoms with Gasteiger partial charge in [-0.15, -0.1) is 0 Å². The summed E-state index contributed by atoms with van der Waals surface area (Å²) in [5.74, 6) is 0.0781. The van der Waals surface area contributed by atoms with Crippen LogP contribution in [0, 0.1) is 0 Å². The molecule has 0 amide bonds. The molecule has 2 heteroatoms. The molecule has 0 aliphatic carbocycles. The molecule has 28 heavy (non-hydrogen) atoms. The average Bonchev–Trinajstić information content (AvgIpc) is 2.75. The van der Waals surface area contributed by atoms with Gasteiger partial charge in [0.05, 0.1) is 0 Å². The summed E-state index contributed by atoms with van der Waals surface area (Å²) >= 11 is 13.4. The molecule has 0 nitrogen and oxygen atoms in total. The van der Waals surface area contributed by atoms with Gasteiger partial charge in [-0.2, -0.15) is 0 Å². The molecule has 0 heterocycles. The molecule has 138 valence electrons. The Morgan fingerprint density at radius 3 is 1.07 bits per heavy atom. The van der Waals surface area contributed by atoms with E-state index in [1.165, 1.54) is 11.1 Å². The first-order chi connectivity index (χ1) is 13.8. The van der Waals surface area contributed by atoms with E-state index in [2.05, 4.69) is 60.7 Å². The highest BCUT2D eigenvalue weighted by Crippen LogP contribution is 2.46. The molecule has 0 saturated heterocycles. The molecule has 4 aromatic carbocycles. The summed E-state index contributed by atoms with van der Waals surface area (Å²) in [7, 11) is 0. The van der Waals surface area contributed by atoms with Gasteiger partial charge in [0.15, 0.2) is 0 Å². The monoisotopic (exact) mass is 402 g/mol. The highest BCUT2D eigenvalue weighted by Gasteiger charge is 2.30. The summed E-state index contributed by atoms with van der Waals surface area (Å²) in [6.45, 7) is 0. The topological polar surface area (TPSA) is 0 Å². The van der Waals surface area contributed by atoms with Crippen molar-refractivity contribution in [2.24, 2.45) is 0 Å². The van der Waals surface area contributed by atoms with Crippen molar-refractivity contribution in [2.75, 3.05) is 0 Å². The van der Waals surface area contributed by atoms with Crippen LogP contribution < -0.4 is 0 Å². The van der Waals surface area contributed by atoms with Crippen molar-refractivity contribution in [1.82, 2.24) is 0 Å². The Morgan fingerprint density at radius 2 is 0.714 bits per heavy atom. The van der Waals surface area contributed by atoms with E-state index in [4.69, 9.17) is 23.2 Å². The zero-order valence-corrected chi connectivity index (χ0v) is 16.8. The van der Waals surface area contributed by atoms with Crippen molar-refractivity contribution in [3.63, 3.8) is 0 Å². The second kappa shape index (κ2) is 8.65. The summed E-state index contributed by atoms with van der Waals surface area (Å²) in [6.07, 6.45) is 0. The first-order valence-corrected chi connectivity index (χ1v) is 10.1. The normalized spacial score (nSPS) is 13.1. The van der Waals surface area contributed by atoms with Gasteiger partial charge in [-0.1, -0.05) is 120 Å². The quantitative estimate of drug-likeness (QED) is 0.317. The van der Waals surface area contributed by atoms with E-state index < -0.39 is 0 Å². The van der Waals surface area contributed by atoms with Crippen LogP contribution >= 0.6 is 23.2 Å². The molecule has 0 radical (unpaired) electrons. The molecular formula is C26H20Cl2. The van der Waals surface area contributed by atoms with Crippen LogP contribution in [0.5, 0.6) is 0 Å². The molecule has 0 aliphatic heterocycles. The Morgan fingerprint density at radius 1 is 0.393 bits per heavy atom. The van der Waals surface area contributed by atoms with Crippen molar-refractivity contribution in [3.05, 3.63) is 141 Å². The standard InChI is InChI=1S/C26H20Cl2/c27-23-17-9-7-15-21(23)25(19-11-3-1-4-12-19)26(20-13-5-2-6-14-20)22-16-8-10-18-24(22)28/h1-18,25-26H/t25-,26+. The predicted molar refractivity (Wildman–Crippen MR) is 119 cm³/mol. The SMILES string of the molecule is Clc1ccccc1[C@@H](c1ccccc1)[C@@H](c1ccccc1)c1ccccc1Cl. The van der Waals surface area contributed by atoms with E-state index in [1.54, 1.807) is 0 Å².